The van der Waals surface area contributed by atoms with Crippen LogP contribution in [0.25, 0.3) is 0 Å². The summed E-state index contributed by atoms with van der Waals surface area (Å²) in [4.78, 5) is 16.5. The Bertz CT molecular complexity index is 454. The molecule has 3 atom stereocenters. The van der Waals surface area contributed by atoms with Gasteiger partial charge in [-0.05, 0) is 38.8 Å². The van der Waals surface area contributed by atoms with Crippen molar-refractivity contribution in [1.82, 2.24) is 10.2 Å². The van der Waals surface area contributed by atoms with E-state index in [1.54, 1.807) is 0 Å². The summed E-state index contributed by atoms with van der Waals surface area (Å²) in [5.41, 5.74) is -0.250. The molecule has 0 bridgehead atoms. The van der Waals surface area contributed by atoms with E-state index in [1.165, 1.54) is 0 Å². The van der Waals surface area contributed by atoms with Gasteiger partial charge in [0.2, 0.25) is 5.72 Å². The number of carbonyl (C=O) groups is 1. The van der Waals surface area contributed by atoms with Crippen LogP contribution in [0.3, 0.4) is 0 Å². The molecule has 21 heavy (non-hydrogen) atoms. The highest BCUT2D eigenvalue weighted by molar-refractivity contribution is 5.88. The normalized spacial score (nSPS) is 32.6. The maximum atomic E-state index is 10.6. The van der Waals surface area contributed by atoms with E-state index in [1.807, 2.05) is 0 Å². The summed E-state index contributed by atoms with van der Waals surface area (Å²) in [6.07, 6.45) is -5.08. The zero-order valence-corrected chi connectivity index (χ0v) is 11.9. The fourth-order valence-electron chi connectivity index (χ4n) is 2.64. The Balaban J connectivity index is 0.000000199. The van der Waals surface area contributed by atoms with Gasteiger partial charge in [-0.1, -0.05) is 5.16 Å². The number of rotatable bonds is 1. The van der Waals surface area contributed by atoms with Crippen LogP contribution in [-0.4, -0.2) is 53.8 Å². The quantitative estimate of drug-likeness (QED) is 0.759. The van der Waals surface area contributed by atoms with Crippen molar-refractivity contribution in [2.24, 2.45) is 22.9 Å². The van der Waals surface area contributed by atoms with Crippen LogP contribution in [0.4, 0.5) is 13.2 Å². The molecular weight excluding hydrogens is 291 g/mol. The number of alkyl halides is 3. The van der Waals surface area contributed by atoms with Crippen LogP contribution in [0.1, 0.15) is 13.8 Å². The van der Waals surface area contributed by atoms with Gasteiger partial charge in [-0.2, -0.15) is 13.2 Å². The molecule has 0 spiro atoms. The molecule has 2 N–H and O–H groups in total. The van der Waals surface area contributed by atoms with Gasteiger partial charge in [-0.15, -0.1) is 0 Å². The molecule has 3 rings (SSSR count). The van der Waals surface area contributed by atoms with Crippen LogP contribution in [0.15, 0.2) is 5.16 Å². The summed E-state index contributed by atoms with van der Waals surface area (Å²) < 4.78 is 31.7. The van der Waals surface area contributed by atoms with Gasteiger partial charge in [-0.3, -0.25) is 0 Å². The summed E-state index contributed by atoms with van der Waals surface area (Å²) in [5.74, 6) is 0.685. The van der Waals surface area contributed by atoms with E-state index < -0.39 is 12.1 Å². The number of nitrogens with one attached hydrogen (secondary N) is 1. The van der Waals surface area contributed by atoms with Crippen molar-refractivity contribution in [3.05, 3.63) is 0 Å². The molecular formula is C12H18F3N3O3. The second-order valence-corrected chi connectivity index (χ2v) is 5.86. The highest BCUT2D eigenvalue weighted by Gasteiger charge is 2.59. The molecule has 3 aliphatic rings. The molecule has 0 radical (unpaired) electrons. The van der Waals surface area contributed by atoms with Gasteiger partial charge in [0.05, 0.1) is 0 Å². The number of fused-ring (bicyclic) bond motifs is 1. The first kappa shape index (κ1) is 15.9. The third kappa shape index (κ3) is 3.07. The molecule has 0 amide bonds. The summed E-state index contributed by atoms with van der Waals surface area (Å²) in [5, 5.41) is 14.8. The fraction of sp³-hybridized carbons (Fsp3) is 0.833. The Kier molecular flexibility index (Phi) is 3.81. The maximum Gasteiger partial charge on any atom is 0.490 e. The number of halogens is 3. The molecule has 2 heterocycles. The van der Waals surface area contributed by atoms with Crippen LogP contribution in [0.2, 0.25) is 0 Å². The summed E-state index contributed by atoms with van der Waals surface area (Å²) in [6.45, 7) is 6.42. The second-order valence-electron chi connectivity index (χ2n) is 5.86. The van der Waals surface area contributed by atoms with Crippen LogP contribution < -0.4 is 5.32 Å². The summed E-state index contributed by atoms with van der Waals surface area (Å²) >= 11 is 0. The number of hydrogen-bond donors (Lipinski definition) is 2. The largest absolute Gasteiger partial charge is 0.490 e. The molecule has 9 heteroatoms. The molecule has 1 aliphatic carbocycles. The molecule has 120 valence electrons. The predicted octanol–water partition coefficient (Wildman–Crippen LogP) is 1.10. The minimum atomic E-state index is -5.08. The van der Waals surface area contributed by atoms with Crippen LogP contribution >= 0.6 is 0 Å². The average Bonchev–Trinajstić information content (AvgIpc) is 2.70. The Labute approximate surface area is 119 Å². The SMILES string of the molecule is CN1C(C2[C@H]3CNC[C@@H]23)=NOC1(C)C.O=C(O)C(F)(F)F. The maximum absolute atomic E-state index is 10.6. The van der Waals surface area contributed by atoms with Gasteiger partial charge in [0.25, 0.3) is 0 Å². The lowest BCUT2D eigenvalue weighted by molar-refractivity contribution is -0.192. The van der Waals surface area contributed by atoms with E-state index in [0.717, 1.165) is 30.8 Å². The van der Waals surface area contributed by atoms with E-state index in [9.17, 15) is 13.2 Å². The average molecular weight is 309 g/mol. The molecule has 0 aromatic carbocycles. The van der Waals surface area contributed by atoms with Crippen molar-refractivity contribution in [3.8, 4) is 0 Å². The van der Waals surface area contributed by atoms with Crippen LogP contribution in [0, 0.1) is 17.8 Å². The van der Waals surface area contributed by atoms with Crippen molar-refractivity contribution in [1.29, 1.82) is 0 Å². The van der Waals surface area contributed by atoms with Crippen LogP contribution in [0.5, 0.6) is 0 Å². The Morgan fingerprint density at radius 3 is 2.24 bits per heavy atom. The van der Waals surface area contributed by atoms with E-state index >= 15 is 0 Å². The first-order valence-corrected chi connectivity index (χ1v) is 6.56. The molecule has 6 nitrogen and oxygen atoms in total. The van der Waals surface area contributed by atoms with E-state index in [0.29, 0.717) is 5.92 Å². The second kappa shape index (κ2) is 5.04. The third-order valence-electron chi connectivity index (χ3n) is 4.15. The van der Waals surface area contributed by atoms with E-state index in [-0.39, 0.29) is 5.72 Å². The monoisotopic (exact) mass is 309 g/mol. The number of hydrogen-bond acceptors (Lipinski definition) is 5. The first-order valence-electron chi connectivity index (χ1n) is 6.56. The number of amidine groups is 1. The molecule has 2 aliphatic heterocycles. The number of carboxylic acids is 1. The lowest BCUT2D eigenvalue weighted by Gasteiger charge is -2.27. The van der Waals surface area contributed by atoms with Crippen molar-refractivity contribution in [2.75, 3.05) is 20.1 Å². The molecule has 1 saturated carbocycles. The minimum Gasteiger partial charge on any atom is -0.475 e. The lowest BCUT2D eigenvalue weighted by atomic mass is 10.2. The van der Waals surface area contributed by atoms with Crippen molar-refractivity contribution >= 4 is 11.8 Å². The summed E-state index contributed by atoms with van der Waals surface area (Å²) in [6, 6.07) is 0. The van der Waals surface area contributed by atoms with Gasteiger partial charge < -0.3 is 20.2 Å². The molecule has 1 unspecified atom stereocenters. The highest BCUT2D eigenvalue weighted by atomic mass is 19.4. The van der Waals surface area contributed by atoms with Crippen molar-refractivity contribution < 1.29 is 27.9 Å². The number of aliphatic carboxylic acids is 1. The lowest BCUT2D eigenvalue weighted by Crippen LogP contribution is -2.42. The van der Waals surface area contributed by atoms with Gasteiger partial charge in [0, 0.05) is 13.0 Å². The number of carboxylic acid groups (broad SMARTS) is 1. The zero-order valence-electron chi connectivity index (χ0n) is 11.9. The minimum absolute atomic E-state index is 0.250. The molecule has 0 aromatic rings. The Morgan fingerprint density at radius 1 is 1.43 bits per heavy atom. The Morgan fingerprint density at radius 2 is 1.90 bits per heavy atom. The fourth-order valence-corrected chi connectivity index (χ4v) is 2.64. The molecule has 0 aromatic heterocycles. The first-order chi connectivity index (χ1) is 9.55. The smallest absolute Gasteiger partial charge is 0.475 e. The van der Waals surface area contributed by atoms with Gasteiger partial charge in [0.15, 0.2) is 5.84 Å². The van der Waals surface area contributed by atoms with Crippen molar-refractivity contribution in [3.63, 3.8) is 0 Å². The molecule has 2 fully saturated rings. The van der Waals surface area contributed by atoms with E-state index in [2.05, 4.69) is 36.3 Å². The van der Waals surface area contributed by atoms with Gasteiger partial charge in [0.1, 0.15) is 0 Å². The van der Waals surface area contributed by atoms with Gasteiger partial charge in [-0.25, -0.2) is 4.79 Å². The van der Waals surface area contributed by atoms with Gasteiger partial charge >= 0.3 is 12.1 Å². The van der Waals surface area contributed by atoms with Crippen molar-refractivity contribution in [2.45, 2.75) is 25.7 Å². The highest BCUT2D eigenvalue weighted by Crippen LogP contribution is 2.51. The number of piperidine rings is 1. The number of oxime groups is 1. The van der Waals surface area contributed by atoms with E-state index in [4.69, 9.17) is 14.7 Å². The number of nitrogens with zero attached hydrogens (tertiary/aromatic N) is 2. The summed E-state index contributed by atoms with van der Waals surface area (Å²) in [7, 11) is 2.08. The van der Waals surface area contributed by atoms with Crippen LogP contribution in [-0.2, 0) is 9.63 Å². The Hall–Kier alpha value is -1.51. The molecule has 1 saturated heterocycles. The standard InChI is InChI=1S/C10H17N3O.C2HF3O2/c1-10(2)13(3)9(12-14-10)8-6-4-11-5-7(6)8;3-2(4,5)1(6)7/h6-8,11H,4-5H2,1-3H3;(H,6,7)/t6-,7+,8?;. The predicted molar refractivity (Wildman–Crippen MR) is 67.4 cm³/mol. The topological polar surface area (TPSA) is 74.2 Å². The zero-order chi connectivity index (χ0) is 16.0. The third-order valence-corrected chi connectivity index (χ3v) is 4.15.